The van der Waals surface area contributed by atoms with E-state index in [1.165, 1.54) is 43.9 Å². The summed E-state index contributed by atoms with van der Waals surface area (Å²) in [5.41, 5.74) is 11.6. The van der Waals surface area contributed by atoms with Crippen LogP contribution in [0.2, 0.25) is 0 Å². The third-order valence-electron chi connectivity index (χ3n) is 8.13. The predicted molar refractivity (Wildman–Crippen MR) is 169 cm³/mol. The first kappa shape index (κ1) is 26.3. The van der Waals surface area contributed by atoms with Gasteiger partial charge < -0.3 is 16.0 Å². The molecule has 0 saturated carbocycles. The second-order valence-electron chi connectivity index (χ2n) is 10.8. The average Bonchev–Trinajstić information content (AvgIpc) is 3.57. The third-order valence-corrected chi connectivity index (χ3v) is 9.06. The van der Waals surface area contributed by atoms with Crippen LogP contribution in [0.15, 0.2) is 54.9 Å². The number of benzene rings is 2. The van der Waals surface area contributed by atoms with E-state index in [4.69, 9.17) is 15.8 Å². The molecule has 5 heterocycles. The van der Waals surface area contributed by atoms with Crippen molar-refractivity contribution in [2.24, 2.45) is 5.92 Å². The van der Waals surface area contributed by atoms with Crippen molar-refractivity contribution in [2.45, 2.75) is 39.7 Å². The molecule has 1 amide bonds. The number of nitrogens with one attached hydrogen (secondary N) is 1. The van der Waals surface area contributed by atoms with E-state index in [1.807, 2.05) is 35.0 Å². The van der Waals surface area contributed by atoms with Crippen molar-refractivity contribution in [2.75, 3.05) is 29.0 Å². The second-order valence-corrected chi connectivity index (χ2v) is 11.9. The number of hydrogen-bond donors (Lipinski definition) is 2. The summed E-state index contributed by atoms with van der Waals surface area (Å²) in [6, 6.07) is 16.4. The minimum Gasteiger partial charge on any atom is -0.383 e. The fourth-order valence-corrected chi connectivity index (χ4v) is 6.83. The van der Waals surface area contributed by atoms with Crippen LogP contribution in [0.5, 0.6) is 0 Å². The smallest absolute Gasteiger partial charge is 0.223 e. The van der Waals surface area contributed by atoms with Gasteiger partial charge in [0.25, 0.3) is 0 Å². The fraction of sp³-hybridized carbons (Fsp3) is 0.290. The maximum atomic E-state index is 11.5. The maximum Gasteiger partial charge on any atom is 0.223 e. The first-order valence-electron chi connectivity index (χ1n) is 14.3. The summed E-state index contributed by atoms with van der Waals surface area (Å²) in [5, 5.41) is 10.2. The SMILES string of the molecule is CCC1CCN(c2cc(Cn3nc(-c4ccc5nc(NC(C)=O)sc5c4)c4c(N)ncnc43)c3ccccc3n2)CC1. The summed E-state index contributed by atoms with van der Waals surface area (Å²) in [7, 11) is 0. The standard InChI is InChI=1S/C31H31N9OS/c1-3-19-10-12-39(13-11-19)26-15-21(22-6-4-5-7-23(22)36-26)16-40-30-27(29(32)33-17-34-30)28(38-40)20-8-9-24-25(14-20)42-31(37-24)35-18(2)41/h4-9,14-15,17,19H,3,10-13,16H2,1-2H3,(H2,32,33,34)(H,35,37,41). The molecule has 212 valence electrons. The molecule has 1 aliphatic heterocycles. The normalized spacial score (nSPS) is 14.3. The van der Waals surface area contributed by atoms with Crippen molar-refractivity contribution in [3.63, 3.8) is 0 Å². The number of aromatic nitrogens is 6. The molecule has 11 heteroatoms. The Bertz CT molecular complexity index is 1960. The summed E-state index contributed by atoms with van der Waals surface area (Å²) in [5.74, 6) is 2.03. The van der Waals surface area contributed by atoms with Gasteiger partial charge in [-0.2, -0.15) is 5.10 Å². The number of para-hydroxylation sites is 1. The molecular weight excluding hydrogens is 546 g/mol. The third kappa shape index (κ3) is 4.79. The minimum atomic E-state index is -0.152. The van der Waals surface area contributed by atoms with Gasteiger partial charge in [-0.3, -0.25) is 4.79 Å². The van der Waals surface area contributed by atoms with Gasteiger partial charge in [-0.05, 0) is 48.6 Å². The molecule has 0 spiro atoms. The van der Waals surface area contributed by atoms with Crippen LogP contribution in [0.1, 0.15) is 38.7 Å². The number of anilines is 3. The van der Waals surface area contributed by atoms with Crippen LogP contribution < -0.4 is 16.0 Å². The van der Waals surface area contributed by atoms with E-state index in [0.717, 1.165) is 57.1 Å². The molecule has 0 aliphatic carbocycles. The number of hydrogen-bond acceptors (Lipinski definition) is 9. The molecule has 42 heavy (non-hydrogen) atoms. The van der Waals surface area contributed by atoms with Crippen molar-refractivity contribution in [3.8, 4) is 11.3 Å². The van der Waals surface area contributed by atoms with Gasteiger partial charge in [-0.15, -0.1) is 0 Å². The van der Waals surface area contributed by atoms with Crippen molar-refractivity contribution < 1.29 is 4.79 Å². The Morgan fingerprint density at radius 2 is 1.90 bits per heavy atom. The Labute approximate surface area is 246 Å². The van der Waals surface area contributed by atoms with E-state index in [9.17, 15) is 4.79 Å². The van der Waals surface area contributed by atoms with E-state index < -0.39 is 0 Å². The van der Waals surface area contributed by atoms with Crippen LogP contribution in [0, 0.1) is 5.92 Å². The van der Waals surface area contributed by atoms with Gasteiger partial charge in [0.2, 0.25) is 5.91 Å². The van der Waals surface area contributed by atoms with E-state index >= 15 is 0 Å². The summed E-state index contributed by atoms with van der Waals surface area (Å²) in [6.07, 6.45) is 5.11. The molecule has 6 aromatic rings. The van der Waals surface area contributed by atoms with Crippen LogP contribution >= 0.6 is 11.3 Å². The van der Waals surface area contributed by atoms with Gasteiger partial charge in [0.05, 0.1) is 27.7 Å². The Balaban J connectivity index is 1.31. The summed E-state index contributed by atoms with van der Waals surface area (Å²) in [4.78, 5) is 32.4. The molecule has 3 N–H and O–H groups in total. The number of piperidine rings is 1. The van der Waals surface area contributed by atoms with Crippen molar-refractivity contribution in [1.29, 1.82) is 0 Å². The lowest BCUT2D eigenvalue weighted by Gasteiger charge is -2.32. The Hall–Kier alpha value is -4.64. The van der Waals surface area contributed by atoms with Crippen molar-refractivity contribution in [1.82, 2.24) is 29.7 Å². The van der Waals surface area contributed by atoms with Gasteiger partial charge in [0.15, 0.2) is 10.8 Å². The monoisotopic (exact) mass is 577 g/mol. The molecule has 0 atom stereocenters. The molecule has 10 nitrogen and oxygen atoms in total. The highest BCUT2D eigenvalue weighted by atomic mass is 32.1. The van der Waals surface area contributed by atoms with Gasteiger partial charge in [0, 0.05) is 31.0 Å². The number of carbonyl (C=O) groups excluding carboxylic acids is 1. The maximum absolute atomic E-state index is 11.5. The van der Waals surface area contributed by atoms with Crippen LogP contribution in [0.3, 0.4) is 0 Å². The topological polar surface area (TPSA) is 128 Å². The zero-order valence-corrected chi connectivity index (χ0v) is 24.4. The predicted octanol–water partition coefficient (Wildman–Crippen LogP) is 5.87. The Kier molecular flexibility index (Phi) is 6.66. The van der Waals surface area contributed by atoms with E-state index in [-0.39, 0.29) is 5.91 Å². The van der Waals surface area contributed by atoms with Crippen molar-refractivity contribution in [3.05, 3.63) is 60.4 Å². The second kappa shape index (κ2) is 10.6. The van der Waals surface area contributed by atoms with Gasteiger partial charge >= 0.3 is 0 Å². The quantitative estimate of drug-likeness (QED) is 0.252. The lowest BCUT2D eigenvalue weighted by Crippen LogP contribution is -2.34. The highest BCUT2D eigenvalue weighted by molar-refractivity contribution is 7.22. The van der Waals surface area contributed by atoms with E-state index in [2.05, 4.69) is 50.3 Å². The molecule has 0 radical (unpaired) electrons. The van der Waals surface area contributed by atoms with Gasteiger partial charge in [-0.1, -0.05) is 48.9 Å². The highest BCUT2D eigenvalue weighted by Gasteiger charge is 2.22. The van der Waals surface area contributed by atoms with E-state index in [1.54, 1.807) is 0 Å². The number of pyridine rings is 1. The zero-order valence-electron chi connectivity index (χ0n) is 23.5. The lowest BCUT2D eigenvalue weighted by molar-refractivity contribution is -0.114. The van der Waals surface area contributed by atoms with Gasteiger partial charge in [-0.25, -0.2) is 24.6 Å². The number of fused-ring (bicyclic) bond motifs is 3. The number of rotatable bonds is 6. The molecule has 4 aromatic heterocycles. The number of nitrogens with zero attached hydrogens (tertiary/aromatic N) is 7. The Morgan fingerprint density at radius 3 is 2.71 bits per heavy atom. The number of carbonyl (C=O) groups is 1. The first-order valence-corrected chi connectivity index (χ1v) is 15.1. The molecule has 0 bridgehead atoms. The summed E-state index contributed by atoms with van der Waals surface area (Å²) < 4.78 is 2.85. The first-order chi connectivity index (χ1) is 20.5. The molecular formula is C31H31N9OS. The zero-order chi connectivity index (χ0) is 28.8. The van der Waals surface area contributed by atoms with Gasteiger partial charge in [0.1, 0.15) is 23.7 Å². The highest BCUT2D eigenvalue weighted by Crippen LogP contribution is 2.35. The Morgan fingerprint density at radius 1 is 1.07 bits per heavy atom. The molecule has 0 unspecified atom stereocenters. The van der Waals surface area contributed by atoms with Crippen LogP contribution in [0.25, 0.3) is 43.4 Å². The molecule has 1 saturated heterocycles. The number of nitrogen functional groups attached to an aromatic ring is 1. The fourth-order valence-electron chi connectivity index (χ4n) is 5.88. The summed E-state index contributed by atoms with van der Waals surface area (Å²) >= 11 is 1.42. The molecule has 7 rings (SSSR count). The van der Waals surface area contributed by atoms with Crippen LogP contribution in [-0.2, 0) is 11.3 Å². The number of thiazole rings is 1. The average molecular weight is 578 g/mol. The molecule has 1 aliphatic rings. The molecule has 1 fully saturated rings. The van der Waals surface area contributed by atoms with Crippen LogP contribution in [0.4, 0.5) is 16.8 Å². The van der Waals surface area contributed by atoms with Crippen molar-refractivity contribution >= 4 is 66.2 Å². The minimum absolute atomic E-state index is 0.152. The lowest BCUT2D eigenvalue weighted by atomic mass is 9.94. The number of nitrogens with two attached hydrogens (primary N) is 1. The summed E-state index contributed by atoms with van der Waals surface area (Å²) in [6.45, 7) is 6.30. The number of amides is 1. The largest absolute Gasteiger partial charge is 0.383 e. The van der Waals surface area contributed by atoms with Crippen LogP contribution in [-0.4, -0.2) is 48.7 Å². The van der Waals surface area contributed by atoms with E-state index in [0.29, 0.717) is 34.2 Å². The molecule has 2 aromatic carbocycles.